The number of rotatable bonds is 7. The number of aromatic nitrogens is 2. The SMILES string of the molecule is CC(=O)[C@H](Sc1nnc(CNC(=O)c2ccc(F)cc2)o1)C(=O)N(C)C. The first kappa shape index (κ1) is 19.6. The maximum absolute atomic E-state index is 12.9. The van der Waals surface area contributed by atoms with Crippen molar-refractivity contribution in [3.63, 3.8) is 0 Å². The van der Waals surface area contributed by atoms with Gasteiger partial charge in [0.2, 0.25) is 11.8 Å². The maximum Gasteiger partial charge on any atom is 0.277 e. The van der Waals surface area contributed by atoms with E-state index >= 15 is 0 Å². The van der Waals surface area contributed by atoms with Crippen LogP contribution in [0.25, 0.3) is 0 Å². The van der Waals surface area contributed by atoms with Crippen molar-refractivity contribution >= 4 is 29.4 Å². The van der Waals surface area contributed by atoms with Gasteiger partial charge < -0.3 is 14.6 Å². The van der Waals surface area contributed by atoms with Crippen molar-refractivity contribution in [3.8, 4) is 0 Å². The molecule has 2 aromatic rings. The highest BCUT2D eigenvalue weighted by atomic mass is 32.2. The molecule has 0 aliphatic rings. The minimum Gasteiger partial charge on any atom is -0.414 e. The van der Waals surface area contributed by atoms with Gasteiger partial charge in [0.05, 0.1) is 6.54 Å². The van der Waals surface area contributed by atoms with E-state index in [1.54, 1.807) is 14.1 Å². The fraction of sp³-hybridized carbons (Fsp3) is 0.312. The first-order valence-electron chi connectivity index (χ1n) is 7.52. The van der Waals surface area contributed by atoms with Gasteiger partial charge in [0.25, 0.3) is 11.1 Å². The van der Waals surface area contributed by atoms with Gasteiger partial charge in [0.1, 0.15) is 5.82 Å². The number of carbonyl (C=O) groups is 3. The third-order valence-corrected chi connectivity index (χ3v) is 4.34. The van der Waals surface area contributed by atoms with Crippen LogP contribution in [0, 0.1) is 5.82 Å². The summed E-state index contributed by atoms with van der Waals surface area (Å²) in [5, 5.41) is 9.15. The zero-order valence-corrected chi connectivity index (χ0v) is 15.2. The van der Waals surface area contributed by atoms with Crippen LogP contribution in [0.1, 0.15) is 23.2 Å². The average molecular weight is 380 g/mol. The molecule has 2 rings (SSSR count). The van der Waals surface area contributed by atoms with Gasteiger partial charge in [-0.1, -0.05) is 0 Å². The summed E-state index contributed by atoms with van der Waals surface area (Å²) in [4.78, 5) is 36.9. The molecule has 0 saturated carbocycles. The number of amides is 2. The minimum absolute atomic E-state index is 0.0455. The van der Waals surface area contributed by atoms with Crippen molar-refractivity contribution in [1.82, 2.24) is 20.4 Å². The highest BCUT2D eigenvalue weighted by molar-refractivity contribution is 8.01. The zero-order chi connectivity index (χ0) is 19.3. The summed E-state index contributed by atoms with van der Waals surface area (Å²) < 4.78 is 18.2. The Morgan fingerprint density at radius 2 is 1.88 bits per heavy atom. The third kappa shape index (κ3) is 5.12. The monoisotopic (exact) mass is 380 g/mol. The van der Waals surface area contributed by atoms with Crippen molar-refractivity contribution < 1.29 is 23.2 Å². The minimum atomic E-state index is -0.980. The van der Waals surface area contributed by atoms with E-state index in [1.807, 2.05) is 0 Å². The van der Waals surface area contributed by atoms with Gasteiger partial charge in [-0.25, -0.2) is 4.39 Å². The Bertz CT molecular complexity index is 807. The Balaban J connectivity index is 1.96. The van der Waals surface area contributed by atoms with Crippen LogP contribution in [0.5, 0.6) is 0 Å². The quantitative estimate of drug-likeness (QED) is 0.570. The van der Waals surface area contributed by atoms with Crippen LogP contribution in [0.3, 0.4) is 0 Å². The van der Waals surface area contributed by atoms with E-state index in [0.717, 1.165) is 11.8 Å². The summed E-state index contributed by atoms with van der Waals surface area (Å²) in [5.74, 6) is -1.47. The van der Waals surface area contributed by atoms with Gasteiger partial charge in [-0.3, -0.25) is 14.4 Å². The lowest BCUT2D eigenvalue weighted by molar-refractivity contribution is -0.132. The molecule has 0 spiro atoms. The van der Waals surface area contributed by atoms with Gasteiger partial charge >= 0.3 is 0 Å². The van der Waals surface area contributed by atoms with Crippen molar-refractivity contribution in [1.29, 1.82) is 0 Å². The molecule has 2 amide bonds. The molecule has 1 aromatic carbocycles. The summed E-state index contributed by atoms with van der Waals surface area (Å²) >= 11 is 0.851. The zero-order valence-electron chi connectivity index (χ0n) is 14.4. The molecule has 8 nitrogen and oxygen atoms in total. The molecule has 1 N–H and O–H groups in total. The fourth-order valence-electron chi connectivity index (χ4n) is 1.86. The van der Waals surface area contributed by atoms with Crippen LogP contribution in [-0.4, -0.2) is 52.0 Å². The van der Waals surface area contributed by atoms with E-state index in [0.29, 0.717) is 0 Å². The van der Waals surface area contributed by atoms with Crippen molar-refractivity contribution in [2.75, 3.05) is 14.1 Å². The molecule has 10 heteroatoms. The summed E-state index contributed by atoms with van der Waals surface area (Å²) in [6, 6.07) is 5.06. The number of thioether (sulfide) groups is 1. The second-order valence-corrected chi connectivity index (χ2v) is 6.55. The molecule has 0 radical (unpaired) electrons. The number of hydrogen-bond acceptors (Lipinski definition) is 7. The van der Waals surface area contributed by atoms with Crippen LogP contribution in [0.4, 0.5) is 4.39 Å². The first-order chi connectivity index (χ1) is 12.3. The predicted molar refractivity (Wildman–Crippen MR) is 90.9 cm³/mol. The second kappa shape index (κ2) is 8.56. The van der Waals surface area contributed by atoms with Crippen LogP contribution in [0.15, 0.2) is 33.9 Å². The molecule has 26 heavy (non-hydrogen) atoms. The number of hydrogen-bond donors (Lipinski definition) is 1. The van der Waals surface area contributed by atoms with Gasteiger partial charge in [-0.05, 0) is 43.0 Å². The lowest BCUT2D eigenvalue weighted by Crippen LogP contribution is -2.35. The number of benzene rings is 1. The Morgan fingerprint density at radius 3 is 2.46 bits per heavy atom. The van der Waals surface area contributed by atoms with Crippen LogP contribution >= 0.6 is 11.8 Å². The van der Waals surface area contributed by atoms with Gasteiger partial charge in [-0.2, -0.15) is 0 Å². The average Bonchev–Trinajstić information content (AvgIpc) is 3.05. The molecule has 0 aliphatic heterocycles. The van der Waals surface area contributed by atoms with Crippen molar-refractivity contribution in [3.05, 3.63) is 41.5 Å². The maximum atomic E-state index is 12.9. The van der Waals surface area contributed by atoms with Gasteiger partial charge in [0.15, 0.2) is 11.0 Å². The number of carbonyl (C=O) groups excluding carboxylic acids is 3. The van der Waals surface area contributed by atoms with E-state index in [2.05, 4.69) is 15.5 Å². The molecule has 0 unspecified atom stereocenters. The topological polar surface area (TPSA) is 105 Å². The first-order valence-corrected chi connectivity index (χ1v) is 8.40. The summed E-state index contributed by atoms with van der Waals surface area (Å²) in [5.41, 5.74) is 0.286. The Morgan fingerprint density at radius 1 is 1.23 bits per heavy atom. The van der Waals surface area contributed by atoms with E-state index in [-0.39, 0.29) is 34.9 Å². The Hall–Kier alpha value is -2.75. The normalized spacial score (nSPS) is 11.7. The highest BCUT2D eigenvalue weighted by Gasteiger charge is 2.28. The lowest BCUT2D eigenvalue weighted by Gasteiger charge is -2.15. The molecule has 1 atom stereocenters. The van der Waals surface area contributed by atoms with Gasteiger partial charge in [0, 0.05) is 19.7 Å². The fourth-order valence-corrected chi connectivity index (χ4v) is 2.77. The number of nitrogens with zero attached hydrogens (tertiary/aromatic N) is 3. The molecular formula is C16H17FN4O4S. The molecule has 0 saturated heterocycles. The van der Waals surface area contributed by atoms with E-state index < -0.39 is 17.0 Å². The van der Waals surface area contributed by atoms with E-state index in [4.69, 9.17) is 4.42 Å². The number of halogens is 1. The standard InChI is InChI=1S/C16H17FN4O4S/c1-9(22)13(15(24)21(2)3)26-16-20-19-12(25-16)8-18-14(23)10-4-6-11(17)7-5-10/h4-7,13H,8H2,1-3H3,(H,18,23)/t13-/m0/s1. The van der Waals surface area contributed by atoms with Crippen molar-refractivity contribution in [2.24, 2.45) is 0 Å². The van der Waals surface area contributed by atoms with Crippen molar-refractivity contribution in [2.45, 2.75) is 23.9 Å². The van der Waals surface area contributed by atoms with Crippen LogP contribution in [-0.2, 0) is 16.1 Å². The van der Waals surface area contributed by atoms with E-state index in [9.17, 15) is 18.8 Å². The molecule has 0 bridgehead atoms. The number of ketones is 1. The van der Waals surface area contributed by atoms with E-state index in [1.165, 1.54) is 36.1 Å². The summed E-state index contributed by atoms with van der Waals surface area (Å²) in [6.07, 6.45) is 0. The molecule has 0 aliphatic carbocycles. The largest absolute Gasteiger partial charge is 0.414 e. The molecule has 0 fully saturated rings. The lowest BCUT2D eigenvalue weighted by atomic mass is 10.2. The Kier molecular flexibility index (Phi) is 6.45. The third-order valence-electron chi connectivity index (χ3n) is 3.21. The molecule has 1 heterocycles. The molecule has 138 valence electrons. The number of Topliss-reactive ketones (excluding diaryl/α,β-unsaturated/α-hetero) is 1. The predicted octanol–water partition coefficient (Wildman–Crippen LogP) is 1.28. The molecular weight excluding hydrogens is 363 g/mol. The smallest absolute Gasteiger partial charge is 0.277 e. The van der Waals surface area contributed by atoms with Crippen LogP contribution in [0.2, 0.25) is 0 Å². The summed E-state index contributed by atoms with van der Waals surface area (Å²) in [6.45, 7) is 1.26. The van der Waals surface area contributed by atoms with Gasteiger partial charge in [-0.15, -0.1) is 10.2 Å². The Labute approximate surface area is 153 Å². The second-order valence-electron chi connectivity index (χ2n) is 5.49. The molecule has 1 aromatic heterocycles. The summed E-state index contributed by atoms with van der Waals surface area (Å²) in [7, 11) is 3.09. The number of nitrogens with one attached hydrogen (secondary N) is 1. The highest BCUT2D eigenvalue weighted by Crippen LogP contribution is 2.24. The van der Waals surface area contributed by atoms with Crippen LogP contribution < -0.4 is 5.32 Å².